The highest BCUT2D eigenvalue weighted by Crippen LogP contribution is 2.27. The molecule has 1 N–H and O–H groups in total. The zero-order valence-corrected chi connectivity index (χ0v) is 13.0. The lowest BCUT2D eigenvalue weighted by atomic mass is 10.0. The van der Waals surface area contributed by atoms with Crippen LogP contribution in [0.25, 0.3) is 0 Å². The smallest absolute Gasteiger partial charge is 0.275 e. The topological polar surface area (TPSA) is 79.5 Å². The number of hydrogen-bond acceptors (Lipinski definition) is 6. The second-order valence-corrected chi connectivity index (χ2v) is 6.17. The van der Waals surface area contributed by atoms with Gasteiger partial charge in [-0.2, -0.15) is 0 Å². The number of furan rings is 1. The molecule has 7 heteroatoms. The second kappa shape index (κ2) is 7.02. The van der Waals surface area contributed by atoms with E-state index in [1.807, 2.05) is 4.90 Å². The number of aromatic nitrogens is 2. The molecule has 0 radical (unpaired) electrons. The molecule has 0 saturated carbocycles. The van der Waals surface area contributed by atoms with Gasteiger partial charge in [0.05, 0.1) is 6.26 Å². The standard InChI is InChI=1S/C15H19N3O3S/c19-13(14-6-4-8-21-14)9-11-5-2-1-3-7-18(11)15(20)12-10-22-17-16-12/h4,6,8,10-11,13,19H,1-3,5,7,9H2. The fourth-order valence-electron chi connectivity index (χ4n) is 2.95. The molecule has 22 heavy (non-hydrogen) atoms. The molecule has 2 atom stereocenters. The van der Waals surface area contributed by atoms with Crippen LogP contribution in [0.3, 0.4) is 0 Å². The van der Waals surface area contributed by atoms with Crippen molar-refractivity contribution in [1.82, 2.24) is 14.5 Å². The van der Waals surface area contributed by atoms with Crippen LogP contribution in [0.1, 0.15) is 54.5 Å². The third-order valence-electron chi connectivity index (χ3n) is 4.08. The summed E-state index contributed by atoms with van der Waals surface area (Å²) in [6.45, 7) is 0.700. The molecule has 1 aliphatic rings. The minimum atomic E-state index is -0.693. The van der Waals surface area contributed by atoms with Crippen molar-refractivity contribution in [2.24, 2.45) is 0 Å². The van der Waals surface area contributed by atoms with Crippen LogP contribution in [-0.2, 0) is 0 Å². The highest BCUT2D eigenvalue weighted by molar-refractivity contribution is 7.03. The Morgan fingerprint density at radius 3 is 3.14 bits per heavy atom. The van der Waals surface area contributed by atoms with Crippen LogP contribution in [0.5, 0.6) is 0 Å². The predicted molar refractivity (Wildman–Crippen MR) is 81.5 cm³/mol. The molecule has 3 heterocycles. The summed E-state index contributed by atoms with van der Waals surface area (Å²) in [4.78, 5) is 14.5. The molecule has 2 aromatic heterocycles. The van der Waals surface area contributed by atoms with Crippen LogP contribution >= 0.6 is 11.5 Å². The van der Waals surface area contributed by atoms with Gasteiger partial charge in [-0.1, -0.05) is 17.3 Å². The number of aliphatic hydroxyl groups is 1. The van der Waals surface area contributed by atoms with Crippen LogP contribution in [-0.4, -0.2) is 38.1 Å². The van der Waals surface area contributed by atoms with Gasteiger partial charge in [-0.05, 0) is 36.5 Å². The highest BCUT2D eigenvalue weighted by Gasteiger charge is 2.30. The van der Waals surface area contributed by atoms with E-state index in [0.29, 0.717) is 24.4 Å². The zero-order valence-electron chi connectivity index (χ0n) is 12.2. The lowest BCUT2D eigenvalue weighted by molar-refractivity contribution is 0.0552. The van der Waals surface area contributed by atoms with E-state index >= 15 is 0 Å². The van der Waals surface area contributed by atoms with Crippen LogP contribution in [0.2, 0.25) is 0 Å². The van der Waals surface area contributed by atoms with E-state index in [1.54, 1.807) is 23.8 Å². The molecule has 1 saturated heterocycles. The number of carbonyl (C=O) groups is 1. The molecular weight excluding hydrogens is 302 g/mol. The van der Waals surface area contributed by atoms with Gasteiger partial charge in [-0.3, -0.25) is 4.79 Å². The average Bonchev–Trinajstić information content (AvgIpc) is 3.18. The normalized spacial score (nSPS) is 20.6. The number of amides is 1. The maximum Gasteiger partial charge on any atom is 0.275 e. The van der Waals surface area contributed by atoms with Gasteiger partial charge in [0, 0.05) is 24.4 Å². The molecule has 2 aromatic rings. The molecule has 0 spiro atoms. The van der Waals surface area contributed by atoms with E-state index in [9.17, 15) is 9.90 Å². The molecule has 1 amide bonds. The zero-order chi connectivity index (χ0) is 15.4. The Morgan fingerprint density at radius 2 is 2.41 bits per heavy atom. The highest BCUT2D eigenvalue weighted by atomic mass is 32.1. The first-order valence-electron chi connectivity index (χ1n) is 7.55. The van der Waals surface area contributed by atoms with Crippen LogP contribution in [0, 0.1) is 0 Å². The number of hydrogen-bond donors (Lipinski definition) is 1. The maximum absolute atomic E-state index is 12.6. The van der Waals surface area contributed by atoms with Crippen molar-refractivity contribution in [3.63, 3.8) is 0 Å². The summed E-state index contributed by atoms with van der Waals surface area (Å²) in [5, 5.41) is 15.9. The number of likely N-dealkylation sites (tertiary alicyclic amines) is 1. The van der Waals surface area contributed by atoms with E-state index in [0.717, 1.165) is 25.7 Å². The van der Waals surface area contributed by atoms with Crippen LogP contribution in [0.15, 0.2) is 28.2 Å². The number of aliphatic hydroxyl groups excluding tert-OH is 1. The van der Waals surface area contributed by atoms with Crippen molar-refractivity contribution in [3.05, 3.63) is 35.2 Å². The third-order valence-corrected chi connectivity index (χ3v) is 4.59. The molecular formula is C15H19N3O3S. The molecule has 1 fully saturated rings. The van der Waals surface area contributed by atoms with E-state index in [1.165, 1.54) is 11.5 Å². The first-order valence-corrected chi connectivity index (χ1v) is 8.39. The van der Waals surface area contributed by atoms with Crippen molar-refractivity contribution >= 4 is 17.4 Å². The Hall–Kier alpha value is -1.73. The first-order chi connectivity index (χ1) is 10.8. The molecule has 2 unspecified atom stereocenters. The fourth-order valence-corrected chi connectivity index (χ4v) is 3.38. The summed E-state index contributed by atoms with van der Waals surface area (Å²) in [6, 6.07) is 3.52. The SMILES string of the molecule is O=C(c1csnn1)N1CCCCCC1CC(O)c1ccco1. The van der Waals surface area contributed by atoms with Gasteiger partial charge in [0.25, 0.3) is 5.91 Å². The van der Waals surface area contributed by atoms with E-state index in [2.05, 4.69) is 9.59 Å². The molecule has 3 rings (SSSR count). The average molecular weight is 321 g/mol. The largest absolute Gasteiger partial charge is 0.467 e. The van der Waals surface area contributed by atoms with Crippen molar-refractivity contribution in [2.45, 2.75) is 44.2 Å². The molecule has 0 aliphatic carbocycles. The predicted octanol–water partition coefficient (Wildman–Crippen LogP) is 2.64. The molecule has 0 bridgehead atoms. The van der Waals surface area contributed by atoms with Gasteiger partial charge in [-0.25, -0.2) is 0 Å². The van der Waals surface area contributed by atoms with Crippen molar-refractivity contribution in [3.8, 4) is 0 Å². The Kier molecular flexibility index (Phi) is 4.84. The minimum Gasteiger partial charge on any atom is -0.467 e. The second-order valence-electron chi connectivity index (χ2n) is 5.56. The van der Waals surface area contributed by atoms with E-state index < -0.39 is 6.10 Å². The summed E-state index contributed by atoms with van der Waals surface area (Å²) < 4.78 is 9.03. The summed E-state index contributed by atoms with van der Waals surface area (Å²) in [7, 11) is 0. The number of rotatable bonds is 4. The van der Waals surface area contributed by atoms with Crippen molar-refractivity contribution in [1.29, 1.82) is 0 Å². The Bertz CT molecular complexity index is 585. The Balaban J connectivity index is 1.74. The van der Waals surface area contributed by atoms with Gasteiger partial charge in [0.2, 0.25) is 0 Å². The van der Waals surface area contributed by atoms with E-state index in [-0.39, 0.29) is 11.9 Å². The molecule has 118 valence electrons. The quantitative estimate of drug-likeness (QED) is 0.936. The number of carbonyl (C=O) groups excluding carboxylic acids is 1. The summed E-state index contributed by atoms with van der Waals surface area (Å²) in [6.07, 6.45) is 5.38. The third kappa shape index (κ3) is 3.36. The van der Waals surface area contributed by atoms with Gasteiger partial charge < -0.3 is 14.4 Å². The maximum atomic E-state index is 12.6. The van der Waals surface area contributed by atoms with Crippen molar-refractivity contribution < 1.29 is 14.3 Å². The van der Waals surface area contributed by atoms with Gasteiger partial charge in [-0.15, -0.1) is 5.10 Å². The summed E-state index contributed by atoms with van der Waals surface area (Å²) >= 11 is 1.18. The Labute approximate surface area is 132 Å². The number of nitrogens with zero attached hydrogens (tertiary/aromatic N) is 3. The first kappa shape index (κ1) is 15.2. The molecule has 1 aliphatic heterocycles. The lowest BCUT2D eigenvalue weighted by Crippen LogP contribution is -2.41. The van der Waals surface area contributed by atoms with E-state index in [4.69, 9.17) is 4.42 Å². The van der Waals surface area contributed by atoms with Crippen molar-refractivity contribution in [2.75, 3.05) is 6.54 Å². The van der Waals surface area contributed by atoms with Gasteiger partial charge in [0.1, 0.15) is 11.9 Å². The summed E-state index contributed by atoms with van der Waals surface area (Å²) in [5.41, 5.74) is 0.393. The summed E-state index contributed by atoms with van der Waals surface area (Å²) in [5.74, 6) is 0.458. The monoisotopic (exact) mass is 321 g/mol. The minimum absolute atomic E-state index is 0.00296. The fraction of sp³-hybridized carbons (Fsp3) is 0.533. The Morgan fingerprint density at radius 1 is 1.50 bits per heavy atom. The van der Waals surface area contributed by atoms with Crippen LogP contribution in [0.4, 0.5) is 0 Å². The molecule has 6 nitrogen and oxygen atoms in total. The van der Waals surface area contributed by atoms with Gasteiger partial charge >= 0.3 is 0 Å². The molecule has 0 aromatic carbocycles. The van der Waals surface area contributed by atoms with Gasteiger partial charge in [0.15, 0.2) is 5.69 Å². The lowest BCUT2D eigenvalue weighted by Gasteiger charge is -2.30. The van der Waals surface area contributed by atoms with Crippen LogP contribution < -0.4 is 0 Å².